The molecule has 2 aromatic rings. The Kier molecular flexibility index (Phi) is 7.20. The van der Waals surface area contributed by atoms with Gasteiger partial charge in [0.1, 0.15) is 19.0 Å². The third-order valence-corrected chi connectivity index (χ3v) is 6.28. The van der Waals surface area contributed by atoms with Crippen LogP contribution in [0.5, 0.6) is 5.75 Å². The molecule has 28 heavy (non-hydrogen) atoms. The molecule has 0 fully saturated rings. The third-order valence-electron chi connectivity index (χ3n) is 4.46. The van der Waals surface area contributed by atoms with Gasteiger partial charge in [-0.15, -0.1) is 0 Å². The van der Waals surface area contributed by atoms with Gasteiger partial charge in [-0.05, 0) is 50.1 Å². The number of carbonyl (C=O) groups is 1. The van der Waals surface area contributed by atoms with Gasteiger partial charge < -0.3 is 9.47 Å². The van der Waals surface area contributed by atoms with Crippen LogP contribution in [0.3, 0.4) is 0 Å². The quantitative estimate of drug-likeness (QED) is 0.464. The van der Waals surface area contributed by atoms with Crippen molar-refractivity contribution in [3.63, 3.8) is 0 Å². The number of hydrogen-bond donors (Lipinski definition) is 0. The fraction of sp³-hybridized carbons (Fsp3) is 0.474. The Labute approximate surface area is 166 Å². The second-order valence-electron chi connectivity index (χ2n) is 6.60. The number of carbonyl (C=O) groups excluding carboxylic acids is 1. The van der Waals surface area contributed by atoms with Crippen LogP contribution in [0.2, 0.25) is 0 Å². The predicted molar refractivity (Wildman–Crippen MR) is 105 cm³/mol. The molecule has 0 spiro atoms. The molecule has 0 amide bonds. The Bertz CT molecular complexity index is 918. The number of nitrogens with zero attached hydrogens (tertiary/aromatic N) is 3. The fourth-order valence-corrected chi connectivity index (χ4v) is 3.61. The molecule has 0 aliphatic carbocycles. The molecular formula is C19H27N3O5S. The van der Waals surface area contributed by atoms with E-state index in [1.54, 1.807) is 16.8 Å². The predicted octanol–water partition coefficient (Wildman–Crippen LogP) is 1.84. The van der Waals surface area contributed by atoms with Crippen molar-refractivity contribution in [3.8, 4) is 5.75 Å². The van der Waals surface area contributed by atoms with Crippen molar-refractivity contribution in [3.05, 3.63) is 41.2 Å². The zero-order chi connectivity index (χ0) is 20.9. The maximum Gasteiger partial charge on any atom is 0.306 e. The molecule has 0 N–H and O–H groups in total. The lowest BCUT2D eigenvalue weighted by Gasteiger charge is -2.12. The van der Waals surface area contributed by atoms with Gasteiger partial charge in [-0.2, -0.15) is 5.10 Å². The normalized spacial score (nSPS) is 11.6. The summed E-state index contributed by atoms with van der Waals surface area (Å²) >= 11 is 0. The van der Waals surface area contributed by atoms with E-state index in [4.69, 9.17) is 9.47 Å². The molecular weight excluding hydrogens is 382 g/mol. The van der Waals surface area contributed by atoms with Gasteiger partial charge in [0.05, 0.1) is 10.6 Å². The molecule has 1 heterocycles. The Morgan fingerprint density at radius 2 is 1.79 bits per heavy atom. The maximum atomic E-state index is 12.0. The van der Waals surface area contributed by atoms with E-state index in [1.807, 2.05) is 20.9 Å². The van der Waals surface area contributed by atoms with Crippen LogP contribution >= 0.6 is 0 Å². The third kappa shape index (κ3) is 5.32. The van der Waals surface area contributed by atoms with Gasteiger partial charge in [-0.3, -0.25) is 9.48 Å². The number of sulfonamides is 1. The minimum absolute atomic E-state index is 0.127. The molecule has 0 bridgehead atoms. The van der Waals surface area contributed by atoms with E-state index in [0.717, 1.165) is 21.3 Å². The van der Waals surface area contributed by atoms with Crippen molar-refractivity contribution < 1.29 is 22.7 Å². The highest BCUT2D eigenvalue weighted by Crippen LogP contribution is 2.18. The van der Waals surface area contributed by atoms with Gasteiger partial charge in [0.25, 0.3) is 0 Å². The fourth-order valence-electron chi connectivity index (χ4n) is 2.71. The second kappa shape index (κ2) is 9.20. The molecule has 0 saturated carbocycles. The summed E-state index contributed by atoms with van der Waals surface area (Å²) in [4.78, 5) is 12.1. The van der Waals surface area contributed by atoms with E-state index < -0.39 is 10.0 Å². The highest BCUT2D eigenvalue weighted by molar-refractivity contribution is 7.89. The first-order valence-corrected chi connectivity index (χ1v) is 10.4. The maximum absolute atomic E-state index is 12.0. The number of benzene rings is 1. The number of hydrogen-bond acceptors (Lipinski definition) is 6. The molecule has 0 saturated heterocycles. The van der Waals surface area contributed by atoms with E-state index in [9.17, 15) is 13.2 Å². The molecule has 0 radical (unpaired) electrons. The van der Waals surface area contributed by atoms with E-state index in [-0.39, 0.29) is 30.5 Å². The van der Waals surface area contributed by atoms with E-state index >= 15 is 0 Å². The molecule has 1 aromatic carbocycles. The summed E-state index contributed by atoms with van der Waals surface area (Å²) in [6.07, 6.45) is 0.872. The summed E-state index contributed by atoms with van der Waals surface area (Å²) in [5.74, 6) is 0.217. The number of aryl methyl sites for hydroxylation is 2. The Morgan fingerprint density at radius 1 is 1.14 bits per heavy atom. The number of esters is 1. The topological polar surface area (TPSA) is 90.7 Å². The lowest BCUT2D eigenvalue weighted by molar-refractivity contribution is -0.144. The average Bonchev–Trinajstić information content (AvgIpc) is 2.89. The summed E-state index contributed by atoms with van der Waals surface area (Å²) in [5.41, 5.74) is 3.05. The minimum Gasteiger partial charge on any atom is -0.490 e. The smallest absolute Gasteiger partial charge is 0.306 e. The Morgan fingerprint density at radius 3 is 2.32 bits per heavy atom. The van der Waals surface area contributed by atoms with Gasteiger partial charge in [0, 0.05) is 33.3 Å². The summed E-state index contributed by atoms with van der Waals surface area (Å²) < 4.78 is 37.6. The average molecular weight is 410 g/mol. The Balaban J connectivity index is 1.74. The summed E-state index contributed by atoms with van der Waals surface area (Å²) in [6.45, 7) is 4.22. The van der Waals surface area contributed by atoms with Crippen LogP contribution in [-0.4, -0.2) is 55.8 Å². The minimum atomic E-state index is -3.46. The Hall–Kier alpha value is -2.39. The van der Waals surface area contributed by atoms with Gasteiger partial charge in [0.2, 0.25) is 10.0 Å². The van der Waals surface area contributed by atoms with Crippen molar-refractivity contribution in [2.45, 2.75) is 31.6 Å². The molecule has 1 aromatic heterocycles. The molecule has 0 aliphatic rings. The van der Waals surface area contributed by atoms with Crippen LogP contribution in [-0.2, 0) is 33.0 Å². The standard InChI is InChI=1S/C19H27N3O5S/c1-14-18(15(2)22(5)20-14)10-11-19(23)27-13-12-26-16-6-8-17(9-7-16)28(24,25)21(3)4/h6-9H,10-13H2,1-5H3. The molecule has 0 aliphatic heterocycles. The number of aromatic nitrogens is 2. The van der Waals surface area contributed by atoms with Crippen LogP contribution in [0.15, 0.2) is 29.2 Å². The monoisotopic (exact) mass is 409 g/mol. The van der Waals surface area contributed by atoms with Crippen molar-refractivity contribution >= 4 is 16.0 Å². The molecule has 0 unspecified atom stereocenters. The molecule has 8 nitrogen and oxygen atoms in total. The second-order valence-corrected chi connectivity index (χ2v) is 8.75. The SMILES string of the molecule is Cc1nn(C)c(C)c1CCC(=O)OCCOc1ccc(S(=O)(=O)N(C)C)cc1. The van der Waals surface area contributed by atoms with Gasteiger partial charge in [-0.25, -0.2) is 12.7 Å². The highest BCUT2D eigenvalue weighted by Gasteiger charge is 2.16. The lowest BCUT2D eigenvalue weighted by atomic mass is 10.1. The first-order valence-electron chi connectivity index (χ1n) is 8.93. The number of ether oxygens (including phenoxy) is 2. The van der Waals surface area contributed by atoms with E-state index in [1.165, 1.54) is 26.2 Å². The van der Waals surface area contributed by atoms with Gasteiger partial charge in [0.15, 0.2) is 0 Å². The summed E-state index contributed by atoms with van der Waals surface area (Å²) in [7, 11) is 1.37. The van der Waals surface area contributed by atoms with Crippen molar-refractivity contribution in [2.24, 2.45) is 7.05 Å². The van der Waals surface area contributed by atoms with E-state index in [2.05, 4.69) is 5.10 Å². The zero-order valence-corrected chi connectivity index (χ0v) is 17.7. The van der Waals surface area contributed by atoms with Crippen LogP contribution in [0.25, 0.3) is 0 Å². The van der Waals surface area contributed by atoms with Crippen molar-refractivity contribution in [1.29, 1.82) is 0 Å². The molecule has 0 atom stereocenters. The molecule has 9 heteroatoms. The van der Waals surface area contributed by atoms with Gasteiger partial charge in [-0.1, -0.05) is 0 Å². The lowest BCUT2D eigenvalue weighted by Crippen LogP contribution is -2.22. The van der Waals surface area contributed by atoms with Crippen LogP contribution in [0.4, 0.5) is 0 Å². The largest absolute Gasteiger partial charge is 0.490 e. The molecule has 2 rings (SSSR count). The highest BCUT2D eigenvalue weighted by atomic mass is 32.2. The van der Waals surface area contributed by atoms with Gasteiger partial charge >= 0.3 is 5.97 Å². The summed E-state index contributed by atoms with van der Waals surface area (Å²) in [5, 5.41) is 4.33. The van der Waals surface area contributed by atoms with Crippen LogP contribution in [0, 0.1) is 13.8 Å². The van der Waals surface area contributed by atoms with E-state index in [0.29, 0.717) is 12.2 Å². The van der Waals surface area contributed by atoms with Crippen LogP contribution in [0.1, 0.15) is 23.4 Å². The number of rotatable bonds is 9. The van der Waals surface area contributed by atoms with Crippen LogP contribution < -0.4 is 4.74 Å². The van der Waals surface area contributed by atoms with Crippen molar-refractivity contribution in [2.75, 3.05) is 27.3 Å². The summed E-state index contributed by atoms with van der Waals surface area (Å²) in [6, 6.07) is 6.11. The first kappa shape index (κ1) is 21.9. The molecule has 154 valence electrons. The van der Waals surface area contributed by atoms with Crippen molar-refractivity contribution in [1.82, 2.24) is 14.1 Å². The first-order chi connectivity index (χ1) is 13.1. The zero-order valence-electron chi connectivity index (χ0n) is 16.9.